The van der Waals surface area contributed by atoms with Gasteiger partial charge in [0.15, 0.2) is 6.29 Å². The number of benzene rings is 3. The van der Waals surface area contributed by atoms with Crippen molar-refractivity contribution in [2.75, 3.05) is 15.8 Å². The molecule has 0 amide bonds. The number of thioether (sulfide) groups is 1. The average Bonchev–Trinajstić information content (AvgIpc) is 2.80. The van der Waals surface area contributed by atoms with Gasteiger partial charge in [-0.2, -0.15) is 0 Å². The Balaban J connectivity index is 1.75. The van der Waals surface area contributed by atoms with E-state index in [1.165, 1.54) is 17.0 Å². The van der Waals surface area contributed by atoms with Gasteiger partial charge in [-0.15, -0.1) is 11.8 Å². The van der Waals surface area contributed by atoms with Crippen LogP contribution in [0.1, 0.15) is 35.7 Å². The standard InChI is InChI=1S/C25H28N2O3S2/c1-3-7-22(18-31-23-8-5-4-6-9-23)26-25-15-14-24(16-20(25)17-28)32(29,30)27-21-12-10-19(2)11-13-21/h4-6,8-17,22,26-27H,3,7,18H2,1-2H3/t22-/m1/s1. The molecule has 168 valence electrons. The molecule has 7 heteroatoms. The second-order valence-electron chi connectivity index (χ2n) is 7.59. The molecule has 0 fully saturated rings. The van der Waals surface area contributed by atoms with E-state index in [2.05, 4.69) is 29.1 Å². The van der Waals surface area contributed by atoms with Crippen LogP contribution < -0.4 is 10.0 Å². The summed E-state index contributed by atoms with van der Waals surface area (Å²) >= 11 is 1.75. The maximum Gasteiger partial charge on any atom is 0.261 e. The summed E-state index contributed by atoms with van der Waals surface area (Å²) in [5, 5.41) is 3.44. The van der Waals surface area contributed by atoms with E-state index in [1.807, 2.05) is 37.3 Å². The van der Waals surface area contributed by atoms with E-state index in [4.69, 9.17) is 0 Å². The minimum atomic E-state index is -3.80. The molecule has 0 heterocycles. The molecule has 0 bridgehead atoms. The van der Waals surface area contributed by atoms with E-state index in [0.717, 1.165) is 24.2 Å². The Labute approximate surface area is 194 Å². The molecule has 0 saturated heterocycles. The van der Waals surface area contributed by atoms with Crippen LogP contribution in [0.5, 0.6) is 0 Å². The van der Waals surface area contributed by atoms with Crippen molar-refractivity contribution in [1.82, 2.24) is 0 Å². The predicted octanol–water partition coefficient (Wildman–Crippen LogP) is 5.98. The molecule has 0 unspecified atom stereocenters. The highest BCUT2D eigenvalue weighted by Gasteiger charge is 2.18. The zero-order valence-electron chi connectivity index (χ0n) is 18.2. The van der Waals surface area contributed by atoms with Gasteiger partial charge in [0, 0.05) is 33.6 Å². The number of hydrogen-bond acceptors (Lipinski definition) is 5. The SMILES string of the molecule is CCC[C@H](CSc1ccccc1)Nc1ccc(S(=O)(=O)Nc2ccc(C)cc2)cc1C=O. The predicted molar refractivity (Wildman–Crippen MR) is 133 cm³/mol. The number of carbonyl (C=O) groups excluding carboxylic acids is 1. The number of sulfonamides is 1. The van der Waals surface area contributed by atoms with Crippen molar-refractivity contribution in [2.45, 2.75) is 42.5 Å². The third-order valence-electron chi connectivity index (χ3n) is 4.96. The maximum atomic E-state index is 12.8. The van der Waals surface area contributed by atoms with Gasteiger partial charge in [-0.3, -0.25) is 9.52 Å². The van der Waals surface area contributed by atoms with Crippen molar-refractivity contribution in [2.24, 2.45) is 0 Å². The van der Waals surface area contributed by atoms with Crippen molar-refractivity contribution in [3.63, 3.8) is 0 Å². The molecule has 1 atom stereocenters. The van der Waals surface area contributed by atoms with Crippen LogP contribution in [-0.2, 0) is 10.0 Å². The third kappa shape index (κ3) is 6.61. The van der Waals surface area contributed by atoms with Crippen LogP contribution in [0, 0.1) is 6.92 Å². The van der Waals surface area contributed by atoms with Crippen molar-refractivity contribution in [3.8, 4) is 0 Å². The highest BCUT2D eigenvalue weighted by atomic mass is 32.2. The summed E-state index contributed by atoms with van der Waals surface area (Å²) in [5.41, 5.74) is 2.48. The Morgan fingerprint density at radius 1 is 1.00 bits per heavy atom. The van der Waals surface area contributed by atoms with E-state index in [1.54, 1.807) is 30.0 Å². The Morgan fingerprint density at radius 3 is 2.38 bits per heavy atom. The summed E-state index contributed by atoms with van der Waals surface area (Å²) in [6, 6.07) is 22.0. The van der Waals surface area contributed by atoms with Gasteiger partial charge in [-0.25, -0.2) is 8.42 Å². The molecule has 2 N–H and O–H groups in total. The number of rotatable bonds is 11. The lowest BCUT2D eigenvalue weighted by Crippen LogP contribution is -2.23. The first-order valence-corrected chi connectivity index (χ1v) is 13.0. The van der Waals surface area contributed by atoms with Gasteiger partial charge in [0.2, 0.25) is 0 Å². The Morgan fingerprint density at radius 2 is 1.72 bits per heavy atom. The molecule has 32 heavy (non-hydrogen) atoms. The molecule has 0 aromatic heterocycles. The molecule has 0 aliphatic heterocycles. The van der Waals surface area contributed by atoms with Crippen LogP contribution >= 0.6 is 11.8 Å². The van der Waals surface area contributed by atoms with Gasteiger partial charge in [-0.1, -0.05) is 49.2 Å². The van der Waals surface area contributed by atoms with Gasteiger partial charge in [0.25, 0.3) is 10.0 Å². The lowest BCUT2D eigenvalue weighted by molar-refractivity contribution is 0.112. The van der Waals surface area contributed by atoms with Crippen molar-refractivity contribution in [1.29, 1.82) is 0 Å². The Hall–Kier alpha value is -2.77. The molecular formula is C25H28N2O3S2. The fourth-order valence-corrected chi connectivity index (χ4v) is 5.34. The molecule has 0 saturated carbocycles. The number of anilines is 2. The monoisotopic (exact) mass is 468 g/mol. The van der Waals surface area contributed by atoms with Crippen LogP contribution in [0.4, 0.5) is 11.4 Å². The molecule has 5 nitrogen and oxygen atoms in total. The molecule has 0 aliphatic rings. The fourth-order valence-electron chi connectivity index (χ4n) is 3.25. The molecule has 3 aromatic rings. The minimum absolute atomic E-state index is 0.0522. The van der Waals surface area contributed by atoms with Gasteiger partial charge in [0.1, 0.15) is 0 Å². The van der Waals surface area contributed by atoms with Crippen molar-refractivity contribution in [3.05, 3.63) is 83.9 Å². The number of nitrogens with one attached hydrogen (secondary N) is 2. The lowest BCUT2D eigenvalue weighted by Gasteiger charge is -2.21. The largest absolute Gasteiger partial charge is 0.381 e. The summed E-state index contributed by atoms with van der Waals surface area (Å²) in [7, 11) is -3.80. The number of hydrogen-bond donors (Lipinski definition) is 2. The summed E-state index contributed by atoms with van der Waals surface area (Å²) in [4.78, 5) is 13.0. The van der Waals surface area contributed by atoms with Gasteiger partial charge >= 0.3 is 0 Å². The quantitative estimate of drug-likeness (QED) is 0.267. The lowest BCUT2D eigenvalue weighted by atomic mass is 10.1. The molecule has 3 aromatic carbocycles. The highest BCUT2D eigenvalue weighted by molar-refractivity contribution is 7.99. The summed E-state index contributed by atoms with van der Waals surface area (Å²) in [6.45, 7) is 4.06. The maximum absolute atomic E-state index is 12.8. The molecule has 0 spiro atoms. The Bertz CT molecular complexity index is 1130. The van der Waals surface area contributed by atoms with Gasteiger partial charge in [-0.05, 0) is 55.8 Å². The van der Waals surface area contributed by atoms with Gasteiger partial charge in [0.05, 0.1) is 4.90 Å². The number of aryl methyl sites for hydroxylation is 1. The van der Waals surface area contributed by atoms with E-state index in [0.29, 0.717) is 23.2 Å². The molecule has 3 rings (SSSR count). The van der Waals surface area contributed by atoms with Crippen LogP contribution in [0.2, 0.25) is 0 Å². The minimum Gasteiger partial charge on any atom is -0.381 e. The third-order valence-corrected chi connectivity index (χ3v) is 7.51. The van der Waals surface area contributed by atoms with Crippen LogP contribution in [0.3, 0.4) is 0 Å². The Kier molecular flexibility index (Phi) is 8.36. The van der Waals surface area contributed by atoms with Crippen molar-refractivity contribution >= 4 is 39.4 Å². The van der Waals surface area contributed by atoms with Crippen molar-refractivity contribution < 1.29 is 13.2 Å². The summed E-state index contributed by atoms with van der Waals surface area (Å²) in [5.74, 6) is 0.838. The van der Waals surface area contributed by atoms with Gasteiger partial charge < -0.3 is 5.32 Å². The highest BCUT2D eigenvalue weighted by Crippen LogP contribution is 2.25. The van der Waals surface area contributed by atoms with E-state index in [-0.39, 0.29) is 10.9 Å². The average molecular weight is 469 g/mol. The first-order chi connectivity index (χ1) is 15.4. The smallest absolute Gasteiger partial charge is 0.261 e. The van der Waals surface area contributed by atoms with Crippen LogP contribution in [-0.4, -0.2) is 26.5 Å². The van der Waals surface area contributed by atoms with E-state index in [9.17, 15) is 13.2 Å². The second kappa shape index (κ2) is 11.2. The molecular weight excluding hydrogens is 440 g/mol. The number of aldehydes is 1. The topological polar surface area (TPSA) is 75.3 Å². The zero-order chi connectivity index (χ0) is 23.0. The second-order valence-corrected chi connectivity index (χ2v) is 10.4. The first-order valence-electron chi connectivity index (χ1n) is 10.5. The molecule has 0 radical (unpaired) electrons. The van der Waals surface area contributed by atoms with Crippen LogP contribution in [0.25, 0.3) is 0 Å². The van der Waals surface area contributed by atoms with E-state index >= 15 is 0 Å². The zero-order valence-corrected chi connectivity index (χ0v) is 19.9. The first kappa shape index (κ1) is 23.9. The molecule has 0 aliphatic carbocycles. The number of carbonyl (C=O) groups is 1. The fraction of sp³-hybridized carbons (Fsp3) is 0.240. The summed E-state index contributed by atoms with van der Waals surface area (Å²) in [6.07, 6.45) is 2.63. The normalized spacial score (nSPS) is 12.2. The van der Waals surface area contributed by atoms with E-state index < -0.39 is 10.0 Å². The van der Waals surface area contributed by atoms with Crippen LogP contribution in [0.15, 0.2) is 82.6 Å². The summed E-state index contributed by atoms with van der Waals surface area (Å²) < 4.78 is 28.2.